The molecule has 0 aliphatic carbocycles. The first kappa shape index (κ1) is 24.2. The van der Waals surface area contributed by atoms with E-state index in [9.17, 15) is 0 Å². The molecule has 0 saturated carbocycles. The summed E-state index contributed by atoms with van der Waals surface area (Å²) >= 11 is 0. The van der Waals surface area contributed by atoms with Gasteiger partial charge in [-0.05, 0) is 48.1 Å². The number of ether oxygens (including phenoxy) is 1. The minimum atomic E-state index is 0. The summed E-state index contributed by atoms with van der Waals surface area (Å²) in [5.41, 5.74) is 4.83. The molecule has 0 radical (unpaired) electrons. The van der Waals surface area contributed by atoms with Crippen LogP contribution in [0.3, 0.4) is 0 Å². The summed E-state index contributed by atoms with van der Waals surface area (Å²) in [5, 5.41) is 2.07. The van der Waals surface area contributed by atoms with Gasteiger partial charge in [0, 0.05) is 68.2 Å². The van der Waals surface area contributed by atoms with Crippen molar-refractivity contribution in [1.82, 2.24) is 24.1 Å². The van der Waals surface area contributed by atoms with E-state index in [2.05, 4.69) is 48.7 Å². The summed E-state index contributed by atoms with van der Waals surface area (Å²) < 4.78 is 10.4. The summed E-state index contributed by atoms with van der Waals surface area (Å²) in [4.78, 5) is 15.6. The molecule has 8 heteroatoms. The van der Waals surface area contributed by atoms with Crippen LogP contribution in [0.5, 0.6) is 11.5 Å². The van der Waals surface area contributed by atoms with Gasteiger partial charge in [0.2, 0.25) is 0 Å². The maximum absolute atomic E-state index is 6.33. The smallest absolute Gasteiger partial charge is 0.135 e. The maximum Gasteiger partial charge on any atom is 0.135 e. The third-order valence-corrected chi connectivity index (χ3v) is 6.87. The number of benzene rings is 3. The van der Waals surface area contributed by atoms with Gasteiger partial charge in [0.05, 0.1) is 0 Å². The van der Waals surface area contributed by atoms with E-state index in [-0.39, 0.29) is 21.1 Å². The van der Waals surface area contributed by atoms with Gasteiger partial charge in [-0.3, -0.25) is 4.98 Å². The van der Waals surface area contributed by atoms with E-state index in [0.29, 0.717) is 11.5 Å². The molecule has 0 saturated heterocycles. The van der Waals surface area contributed by atoms with Crippen LogP contribution in [0.15, 0.2) is 110 Å². The van der Waals surface area contributed by atoms with Crippen LogP contribution in [0.1, 0.15) is 0 Å². The van der Waals surface area contributed by atoms with Gasteiger partial charge in [-0.1, -0.05) is 41.7 Å². The molecule has 8 rings (SSSR count). The molecule has 0 bridgehead atoms. The van der Waals surface area contributed by atoms with E-state index in [4.69, 9.17) is 4.74 Å². The minimum Gasteiger partial charge on any atom is -0.509 e. The van der Waals surface area contributed by atoms with Crippen molar-refractivity contribution in [3.8, 4) is 28.7 Å². The monoisotopic (exact) mass is 698 g/mol. The van der Waals surface area contributed by atoms with Gasteiger partial charge in [0.1, 0.15) is 5.82 Å². The fourth-order valence-electron chi connectivity index (χ4n) is 5.17. The number of pyridine rings is 2. The number of rotatable bonds is 4. The molecular formula is C32H19N6OPt-3. The first-order valence-electron chi connectivity index (χ1n) is 12.5. The second-order valence-corrected chi connectivity index (χ2v) is 9.16. The van der Waals surface area contributed by atoms with Crippen molar-refractivity contribution < 1.29 is 25.8 Å². The van der Waals surface area contributed by atoms with Gasteiger partial charge in [-0.25, -0.2) is 4.98 Å². The van der Waals surface area contributed by atoms with Crippen molar-refractivity contribution in [2.75, 3.05) is 4.90 Å². The van der Waals surface area contributed by atoms with Crippen molar-refractivity contribution in [1.29, 1.82) is 0 Å². The molecule has 3 aromatic carbocycles. The Balaban J connectivity index is 0.00000264. The molecule has 0 atom stereocenters. The number of hydrogen-bond donors (Lipinski definition) is 0. The minimum absolute atomic E-state index is 0. The van der Waals surface area contributed by atoms with Gasteiger partial charge < -0.3 is 23.8 Å². The molecule has 40 heavy (non-hydrogen) atoms. The second-order valence-electron chi connectivity index (χ2n) is 9.16. The fourth-order valence-corrected chi connectivity index (χ4v) is 5.17. The van der Waals surface area contributed by atoms with E-state index in [1.165, 1.54) is 0 Å². The topological polar surface area (TPSA) is 61.0 Å². The van der Waals surface area contributed by atoms with Gasteiger partial charge in [-0.15, -0.1) is 35.7 Å². The molecule has 7 nitrogen and oxygen atoms in total. The van der Waals surface area contributed by atoms with E-state index < -0.39 is 0 Å². The molecule has 0 N–H and O–H groups in total. The van der Waals surface area contributed by atoms with Crippen molar-refractivity contribution in [2.45, 2.75) is 0 Å². The Labute approximate surface area is 244 Å². The Hall–Kier alpha value is -4.87. The SMILES string of the molecule is [Pt].[c-]1c(Oc2[c-]c3c(cc2)c2cnccc2n3-c2ccccn2)cccc1N1[CH-]n2ccnc2-c2ccccc21. The first-order valence-corrected chi connectivity index (χ1v) is 12.5. The maximum atomic E-state index is 6.33. The Morgan fingerprint density at radius 3 is 2.58 bits per heavy atom. The van der Waals surface area contributed by atoms with E-state index >= 15 is 0 Å². The number of imidazole rings is 1. The summed E-state index contributed by atoms with van der Waals surface area (Å²) in [6.07, 6.45) is 9.21. The van der Waals surface area contributed by atoms with E-state index in [0.717, 1.165) is 50.4 Å². The molecule has 4 aromatic heterocycles. The molecular weight excluding hydrogens is 679 g/mol. The number of anilines is 2. The van der Waals surface area contributed by atoms with Crippen molar-refractivity contribution >= 4 is 33.2 Å². The average molecular weight is 699 g/mol. The first-order chi connectivity index (χ1) is 19.3. The van der Waals surface area contributed by atoms with Crippen LogP contribution >= 0.6 is 0 Å². The third kappa shape index (κ3) is 3.86. The van der Waals surface area contributed by atoms with Crippen LogP contribution in [0.2, 0.25) is 0 Å². The van der Waals surface area contributed by atoms with Gasteiger partial charge in [-0.2, -0.15) is 12.1 Å². The van der Waals surface area contributed by atoms with Crippen LogP contribution < -0.4 is 9.64 Å². The summed E-state index contributed by atoms with van der Waals surface area (Å²) in [5.74, 6) is 2.90. The molecule has 0 spiro atoms. The predicted molar refractivity (Wildman–Crippen MR) is 150 cm³/mol. The van der Waals surface area contributed by atoms with Crippen LogP contribution in [0.4, 0.5) is 11.4 Å². The van der Waals surface area contributed by atoms with Crippen molar-refractivity contribution in [3.63, 3.8) is 0 Å². The summed E-state index contributed by atoms with van der Waals surface area (Å²) in [7, 11) is 0. The van der Waals surface area contributed by atoms with Crippen LogP contribution in [-0.2, 0) is 21.1 Å². The number of aromatic nitrogens is 5. The number of nitrogens with zero attached hydrogens (tertiary/aromatic N) is 6. The molecule has 196 valence electrons. The Bertz CT molecular complexity index is 2000. The Morgan fingerprint density at radius 1 is 0.750 bits per heavy atom. The third-order valence-electron chi connectivity index (χ3n) is 6.87. The Morgan fingerprint density at radius 2 is 1.65 bits per heavy atom. The number of fused-ring (bicyclic) bond motifs is 6. The summed E-state index contributed by atoms with van der Waals surface area (Å²) in [6.45, 7) is 2.01. The largest absolute Gasteiger partial charge is 0.509 e. The molecule has 0 unspecified atom stereocenters. The van der Waals surface area contributed by atoms with Gasteiger partial charge in [0.15, 0.2) is 0 Å². The molecule has 0 fully saturated rings. The summed E-state index contributed by atoms with van der Waals surface area (Å²) in [6, 6.07) is 32.8. The van der Waals surface area contributed by atoms with E-state index in [1.807, 2.05) is 96.6 Å². The van der Waals surface area contributed by atoms with Crippen LogP contribution in [0.25, 0.3) is 39.0 Å². The van der Waals surface area contributed by atoms with Gasteiger partial charge in [0.25, 0.3) is 0 Å². The standard InChI is InChI=1S/C32H19N6O.Pt/c1-2-9-28-26(8-1)32-35-16-17-36(32)21-37(28)22-6-5-7-23(18-22)39-24-11-12-25-27-20-33-15-13-29(27)38(30(25)19-24)31-10-3-4-14-34-31;/h1-17,20-21H;/q-3;. The normalized spacial score (nSPS) is 11.9. The van der Waals surface area contributed by atoms with Crippen LogP contribution in [-0.4, -0.2) is 24.1 Å². The van der Waals surface area contributed by atoms with Crippen LogP contribution in [0, 0.1) is 18.8 Å². The zero-order chi connectivity index (χ0) is 25.8. The predicted octanol–water partition coefficient (Wildman–Crippen LogP) is 6.95. The zero-order valence-corrected chi connectivity index (χ0v) is 23.1. The molecule has 0 amide bonds. The van der Waals surface area contributed by atoms with Crippen molar-refractivity contribution in [2.24, 2.45) is 0 Å². The molecule has 7 aromatic rings. The quantitative estimate of drug-likeness (QED) is 0.187. The molecule has 1 aliphatic heterocycles. The molecule has 5 heterocycles. The van der Waals surface area contributed by atoms with Gasteiger partial charge >= 0.3 is 0 Å². The van der Waals surface area contributed by atoms with E-state index in [1.54, 1.807) is 12.4 Å². The number of para-hydroxylation sites is 1. The second kappa shape index (κ2) is 9.70. The fraction of sp³-hybridized carbons (Fsp3) is 0. The zero-order valence-electron chi connectivity index (χ0n) is 20.9. The van der Waals surface area contributed by atoms with Crippen molar-refractivity contribution in [3.05, 3.63) is 129 Å². The number of hydrogen-bond acceptors (Lipinski definition) is 5. The Kier molecular flexibility index (Phi) is 5.87. The average Bonchev–Trinajstić information content (AvgIpc) is 3.60. The molecule has 1 aliphatic rings.